The first kappa shape index (κ1) is 9.77. The second-order valence-corrected chi connectivity index (χ2v) is 3.45. The summed E-state index contributed by atoms with van der Waals surface area (Å²) in [7, 11) is 0. The van der Waals surface area contributed by atoms with Crippen molar-refractivity contribution in [2.45, 2.75) is 13.5 Å². The number of hydrogen-bond acceptors (Lipinski definition) is 2. The van der Waals surface area contributed by atoms with Crippen LogP contribution in [-0.4, -0.2) is 0 Å². The third-order valence-electron chi connectivity index (χ3n) is 2.09. The predicted octanol–water partition coefficient (Wildman–Crippen LogP) is 3.34. The molecule has 2 nitrogen and oxygen atoms in total. The Hall–Kier alpha value is -1.77. The quantitative estimate of drug-likeness (QED) is 0.831. The Kier molecular flexibility index (Phi) is 2.72. The van der Waals surface area contributed by atoms with Crippen molar-refractivity contribution in [3.63, 3.8) is 0 Å². The Labute approximate surface area is 87.7 Å². The average molecular weight is 205 g/mol. The molecule has 0 saturated heterocycles. The van der Waals surface area contributed by atoms with E-state index in [0.29, 0.717) is 6.54 Å². The lowest BCUT2D eigenvalue weighted by Crippen LogP contribution is -1.98. The number of benzene rings is 1. The minimum atomic E-state index is -0.225. The van der Waals surface area contributed by atoms with Gasteiger partial charge in [0.15, 0.2) is 0 Å². The largest absolute Gasteiger partial charge is 0.467 e. The monoisotopic (exact) mass is 205 g/mol. The molecule has 0 atom stereocenters. The van der Waals surface area contributed by atoms with Crippen LogP contribution in [0, 0.1) is 12.7 Å². The highest BCUT2D eigenvalue weighted by atomic mass is 19.1. The summed E-state index contributed by atoms with van der Waals surface area (Å²) in [6.45, 7) is 2.43. The lowest BCUT2D eigenvalue weighted by atomic mass is 10.2. The molecule has 0 fully saturated rings. The Morgan fingerprint density at radius 1 is 1.33 bits per heavy atom. The Morgan fingerprint density at radius 3 is 2.87 bits per heavy atom. The standard InChI is InChI=1S/C12H12FNO/c1-9-5-10(13)7-11(6-9)14-8-12-3-2-4-15-12/h2-7,14H,8H2,1H3. The first-order chi connectivity index (χ1) is 7.24. The van der Waals surface area contributed by atoms with Crippen LogP contribution in [0.3, 0.4) is 0 Å². The highest BCUT2D eigenvalue weighted by molar-refractivity contribution is 5.46. The van der Waals surface area contributed by atoms with Gasteiger partial charge in [0.05, 0.1) is 12.8 Å². The summed E-state index contributed by atoms with van der Waals surface area (Å²) >= 11 is 0. The van der Waals surface area contributed by atoms with Crippen molar-refractivity contribution >= 4 is 5.69 Å². The number of rotatable bonds is 3. The van der Waals surface area contributed by atoms with Crippen molar-refractivity contribution in [1.82, 2.24) is 0 Å². The molecule has 15 heavy (non-hydrogen) atoms. The van der Waals surface area contributed by atoms with Gasteiger partial charge in [-0.1, -0.05) is 0 Å². The van der Waals surface area contributed by atoms with Gasteiger partial charge in [0, 0.05) is 5.69 Å². The van der Waals surface area contributed by atoms with Gasteiger partial charge in [-0.25, -0.2) is 4.39 Å². The van der Waals surface area contributed by atoms with Gasteiger partial charge in [0.2, 0.25) is 0 Å². The van der Waals surface area contributed by atoms with Crippen molar-refractivity contribution in [3.8, 4) is 0 Å². The van der Waals surface area contributed by atoms with Crippen LogP contribution >= 0.6 is 0 Å². The maximum absolute atomic E-state index is 13.0. The Balaban J connectivity index is 2.05. The summed E-state index contributed by atoms with van der Waals surface area (Å²) in [6.07, 6.45) is 1.62. The lowest BCUT2D eigenvalue weighted by Gasteiger charge is -2.05. The molecule has 0 unspecified atom stereocenters. The summed E-state index contributed by atoms with van der Waals surface area (Å²) in [5.41, 5.74) is 1.67. The molecule has 0 aliphatic carbocycles. The predicted molar refractivity (Wildman–Crippen MR) is 57.2 cm³/mol. The van der Waals surface area contributed by atoms with Gasteiger partial charge in [-0.05, 0) is 42.8 Å². The van der Waals surface area contributed by atoms with Crippen LogP contribution in [0.25, 0.3) is 0 Å². The van der Waals surface area contributed by atoms with Crippen LogP contribution in [0.5, 0.6) is 0 Å². The van der Waals surface area contributed by atoms with E-state index in [-0.39, 0.29) is 5.82 Å². The molecule has 1 heterocycles. The highest BCUT2D eigenvalue weighted by Crippen LogP contribution is 2.14. The number of hydrogen-bond donors (Lipinski definition) is 1. The molecule has 2 rings (SSSR count). The minimum Gasteiger partial charge on any atom is -0.467 e. The molecule has 78 valence electrons. The zero-order chi connectivity index (χ0) is 10.7. The summed E-state index contributed by atoms with van der Waals surface area (Å²) in [5, 5.41) is 3.09. The smallest absolute Gasteiger partial charge is 0.125 e. The van der Waals surface area contributed by atoms with Crippen LogP contribution in [0.15, 0.2) is 41.0 Å². The number of halogens is 1. The summed E-state index contributed by atoms with van der Waals surface area (Å²) in [4.78, 5) is 0. The number of aryl methyl sites for hydroxylation is 1. The summed E-state index contributed by atoms with van der Waals surface area (Å²) in [5.74, 6) is 0.605. The second kappa shape index (κ2) is 4.17. The van der Waals surface area contributed by atoms with E-state index in [1.165, 1.54) is 12.1 Å². The van der Waals surface area contributed by atoms with E-state index in [0.717, 1.165) is 17.0 Å². The maximum Gasteiger partial charge on any atom is 0.125 e. The molecule has 1 N–H and O–H groups in total. The fraction of sp³-hybridized carbons (Fsp3) is 0.167. The van der Waals surface area contributed by atoms with Crippen LogP contribution in [0.2, 0.25) is 0 Å². The zero-order valence-corrected chi connectivity index (χ0v) is 8.46. The third-order valence-corrected chi connectivity index (χ3v) is 2.09. The molecule has 0 radical (unpaired) electrons. The van der Waals surface area contributed by atoms with Crippen molar-refractivity contribution in [2.75, 3.05) is 5.32 Å². The first-order valence-corrected chi connectivity index (χ1v) is 4.77. The van der Waals surface area contributed by atoms with Crippen LogP contribution in [0.1, 0.15) is 11.3 Å². The van der Waals surface area contributed by atoms with Gasteiger partial charge in [0.1, 0.15) is 11.6 Å². The molecule has 0 aliphatic heterocycles. The van der Waals surface area contributed by atoms with Gasteiger partial charge < -0.3 is 9.73 Å². The average Bonchev–Trinajstić information content (AvgIpc) is 2.65. The van der Waals surface area contributed by atoms with Gasteiger partial charge >= 0.3 is 0 Å². The first-order valence-electron chi connectivity index (χ1n) is 4.77. The van der Waals surface area contributed by atoms with Gasteiger partial charge in [-0.3, -0.25) is 0 Å². The van der Waals surface area contributed by atoms with E-state index in [4.69, 9.17) is 4.42 Å². The Morgan fingerprint density at radius 2 is 2.20 bits per heavy atom. The van der Waals surface area contributed by atoms with E-state index >= 15 is 0 Å². The van der Waals surface area contributed by atoms with E-state index in [9.17, 15) is 4.39 Å². The van der Waals surface area contributed by atoms with Gasteiger partial charge in [-0.15, -0.1) is 0 Å². The van der Waals surface area contributed by atoms with Crippen LogP contribution in [0.4, 0.5) is 10.1 Å². The number of anilines is 1. The fourth-order valence-electron chi connectivity index (χ4n) is 1.44. The van der Waals surface area contributed by atoms with Crippen LogP contribution < -0.4 is 5.32 Å². The summed E-state index contributed by atoms with van der Waals surface area (Å²) in [6, 6.07) is 8.56. The molecule has 1 aromatic heterocycles. The molecule has 0 saturated carbocycles. The SMILES string of the molecule is Cc1cc(F)cc(NCc2ccco2)c1. The molecule has 0 aliphatic rings. The zero-order valence-electron chi connectivity index (χ0n) is 8.46. The molecule has 0 spiro atoms. The molecular formula is C12H12FNO. The molecule has 2 aromatic rings. The topological polar surface area (TPSA) is 25.2 Å². The fourth-order valence-corrected chi connectivity index (χ4v) is 1.44. The van der Waals surface area contributed by atoms with E-state index in [2.05, 4.69) is 5.32 Å². The number of furan rings is 1. The van der Waals surface area contributed by atoms with E-state index < -0.39 is 0 Å². The van der Waals surface area contributed by atoms with Crippen molar-refractivity contribution in [1.29, 1.82) is 0 Å². The van der Waals surface area contributed by atoms with Crippen LogP contribution in [-0.2, 0) is 6.54 Å². The third kappa shape index (κ3) is 2.59. The second-order valence-electron chi connectivity index (χ2n) is 3.45. The molecular weight excluding hydrogens is 193 g/mol. The molecule has 0 bridgehead atoms. The van der Waals surface area contributed by atoms with E-state index in [1.54, 1.807) is 6.26 Å². The minimum absolute atomic E-state index is 0.225. The number of nitrogens with one attached hydrogen (secondary N) is 1. The molecule has 1 aromatic carbocycles. The molecule has 0 amide bonds. The van der Waals surface area contributed by atoms with E-state index in [1.807, 2.05) is 25.1 Å². The maximum atomic E-state index is 13.0. The lowest BCUT2D eigenvalue weighted by molar-refractivity contribution is 0.518. The van der Waals surface area contributed by atoms with Crippen molar-refractivity contribution in [2.24, 2.45) is 0 Å². The Bertz CT molecular complexity index is 417. The summed E-state index contributed by atoms with van der Waals surface area (Å²) < 4.78 is 18.2. The van der Waals surface area contributed by atoms with Gasteiger partial charge in [0.25, 0.3) is 0 Å². The van der Waals surface area contributed by atoms with Gasteiger partial charge in [-0.2, -0.15) is 0 Å². The molecule has 3 heteroatoms. The highest BCUT2D eigenvalue weighted by Gasteiger charge is 1.99. The normalized spacial score (nSPS) is 10.3. The van der Waals surface area contributed by atoms with Crippen molar-refractivity contribution < 1.29 is 8.81 Å². The van der Waals surface area contributed by atoms with Crippen molar-refractivity contribution in [3.05, 3.63) is 53.7 Å².